The maximum absolute atomic E-state index is 12.1. The van der Waals surface area contributed by atoms with E-state index in [-0.39, 0.29) is 5.91 Å². The van der Waals surface area contributed by atoms with Crippen molar-refractivity contribution in [3.05, 3.63) is 64.7 Å². The number of aliphatic imine (C=N–C) groups is 1. The Balaban J connectivity index is 1.89. The van der Waals surface area contributed by atoms with E-state index in [0.29, 0.717) is 12.1 Å². The van der Waals surface area contributed by atoms with E-state index in [2.05, 4.69) is 40.7 Å². The normalized spacial score (nSPS) is 11.2. The van der Waals surface area contributed by atoms with Gasteiger partial charge in [-0.05, 0) is 61.6 Å². The highest BCUT2D eigenvalue weighted by atomic mass is 16.5. The van der Waals surface area contributed by atoms with Crippen molar-refractivity contribution < 1.29 is 9.53 Å². The van der Waals surface area contributed by atoms with E-state index < -0.39 is 0 Å². The van der Waals surface area contributed by atoms with Crippen LogP contribution in [0.1, 0.15) is 34.0 Å². The molecule has 0 atom stereocenters. The summed E-state index contributed by atoms with van der Waals surface area (Å²) >= 11 is 0. The summed E-state index contributed by atoms with van der Waals surface area (Å²) in [6.07, 6.45) is 1.66. The Morgan fingerprint density at radius 2 is 1.83 bits per heavy atom. The van der Waals surface area contributed by atoms with Crippen molar-refractivity contribution >= 4 is 11.9 Å². The number of carbonyl (C=O) groups is 1. The van der Waals surface area contributed by atoms with Gasteiger partial charge in [0.1, 0.15) is 5.75 Å². The number of nitrogens with zero attached hydrogens (tertiary/aromatic N) is 2. The molecule has 162 valence electrons. The van der Waals surface area contributed by atoms with Crippen molar-refractivity contribution in [2.24, 2.45) is 4.99 Å². The van der Waals surface area contributed by atoms with Crippen molar-refractivity contribution in [2.45, 2.75) is 26.7 Å². The highest BCUT2D eigenvalue weighted by Gasteiger charge is 2.08. The molecule has 2 aromatic carbocycles. The molecule has 6 heteroatoms. The number of carbonyl (C=O) groups excluding carboxylic acids is 1. The van der Waals surface area contributed by atoms with E-state index in [0.717, 1.165) is 48.8 Å². The largest absolute Gasteiger partial charge is 0.496 e. The van der Waals surface area contributed by atoms with Crippen molar-refractivity contribution in [3.63, 3.8) is 0 Å². The molecule has 0 fully saturated rings. The van der Waals surface area contributed by atoms with Gasteiger partial charge in [-0.25, -0.2) is 0 Å². The fourth-order valence-electron chi connectivity index (χ4n) is 3.10. The first-order valence-corrected chi connectivity index (χ1v) is 10.4. The lowest BCUT2D eigenvalue weighted by Gasteiger charge is -2.13. The highest BCUT2D eigenvalue weighted by molar-refractivity contribution is 5.94. The lowest BCUT2D eigenvalue weighted by Crippen LogP contribution is -2.38. The Kier molecular flexibility index (Phi) is 9.19. The Hall–Kier alpha value is -3.02. The Labute approximate surface area is 180 Å². The van der Waals surface area contributed by atoms with Crippen molar-refractivity contribution in [1.82, 2.24) is 15.5 Å². The second-order valence-electron chi connectivity index (χ2n) is 7.39. The fourth-order valence-corrected chi connectivity index (χ4v) is 3.10. The van der Waals surface area contributed by atoms with Gasteiger partial charge in [-0.1, -0.05) is 24.3 Å². The van der Waals surface area contributed by atoms with Gasteiger partial charge in [0.2, 0.25) is 0 Å². The summed E-state index contributed by atoms with van der Waals surface area (Å²) in [5.41, 5.74) is 4.18. The molecule has 2 N–H and O–H groups in total. The number of hydrogen-bond donors (Lipinski definition) is 2. The topological polar surface area (TPSA) is 66.0 Å². The van der Waals surface area contributed by atoms with Crippen LogP contribution in [0.4, 0.5) is 0 Å². The standard InChI is InChI=1S/C24H34N4O2/c1-6-25-24(27-15-13-20-11-10-18(2)22(17-20)30-5)26-14-12-19-8-7-9-21(16-19)23(29)28(3)4/h7-11,16-17H,6,12-15H2,1-5H3,(H2,25,26,27). The SMILES string of the molecule is CCNC(=NCCc1ccc(C)c(OC)c1)NCCc1cccc(C(=O)N(C)C)c1. The van der Waals surface area contributed by atoms with Crippen molar-refractivity contribution in [2.75, 3.05) is 40.8 Å². The zero-order chi connectivity index (χ0) is 21.9. The third-order valence-electron chi connectivity index (χ3n) is 4.77. The fraction of sp³-hybridized carbons (Fsp3) is 0.417. The summed E-state index contributed by atoms with van der Waals surface area (Å²) in [4.78, 5) is 18.4. The maximum Gasteiger partial charge on any atom is 0.253 e. The number of aryl methyl sites for hydroxylation is 1. The quantitative estimate of drug-likeness (QED) is 0.493. The molecule has 0 bridgehead atoms. The summed E-state index contributed by atoms with van der Waals surface area (Å²) in [6.45, 7) is 6.33. The summed E-state index contributed by atoms with van der Waals surface area (Å²) in [5.74, 6) is 1.74. The number of hydrogen-bond acceptors (Lipinski definition) is 3. The van der Waals surface area contributed by atoms with Crippen LogP contribution in [0.5, 0.6) is 5.75 Å². The lowest BCUT2D eigenvalue weighted by molar-refractivity contribution is 0.0827. The molecule has 0 radical (unpaired) electrons. The molecular formula is C24H34N4O2. The predicted octanol–water partition coefficient (Wildman–Crippen LogP) is 3.05. The van der Waals surface area contributed by atoms with Gasteiger partial charge in [0.25, 0.3) is 5.91 Å². The monoisotopic (exact) mass is 410 g/mol. The third-order valence-corrected chi connectivity index (χ3v) is 4.77. The minimum atomic E-state index is 0.0208. The Bertz CT molecular complexity index is 862. The molecule has 0 saturated carbocycles. The molecule has 30 heavy (non-hydrogen) atoms. The number of benzene rings is 2. The minimum absolute atomic E-state index is 0.0208. The molecular weight excluding hydrogens is 376 g/mol. The third kappa shape index (κ3) is 7.10. The summed E-state index contributed by atoms with van der Waals surface area (Å²) in [7, 11) is 5.23. The number of amides is 1. The van der Waals surface area contributed by atoms with Crippen molar-refractivity contribution in [3.8, 4) is 5.75 Å². The molecule has 6 nitrogen and oxygen atoms in total. The predicted molar refractivity (Wildman–Crippen MR) is 124 cm³/mol. The molecule has 0 saturated heterocycles. The average Bonchev–Trinajstić information content (AvgIpc) is 2.74. The van der Waals surface area contributed by atoms with Crippen LogP contribution in [0, 0.1) is 6.92 Å². The summed E-state index contributed by atoms with van der Waals surface area (Å²) in [6, 6.07) is 14.1. The van der Waals surface area contributed by atoms with Gasteiger partial charge < -0.3 is 20.3 Å². The number of guanidine groups is 1. The first-order chi connectivity index (χ1) is 14.4. The van der Waals surface area contributed by atoms with Crippen LogP contribution < -0.4 is 15.4 Å². The zero-order valence-electron chi connectivity index (χ0n) is 18.8. The molecule has 2 rings (SSSR count). The van der Waals surface area contributed by atoms with Gasteiger partial charge in [0, 0.05) is 39.3 Å². The van der Waals surface area contributed by atoms with Crippen LogP contribution in [0.25, 0.3) is 0 Å². The number of methoxy groups -OCH3 is 1. The van der Waals surface area contributed by atoms with Crippen LogP contribution >= 0.6 is 0 Å². The Morgan fingerprint density at radius 3 is 2.53 bits per heavy atom. The molecule has 0 aromatic heterocycles. The molecule has 0 aliphatic rings. The number of ether oxygens (including phenoxy) is 1. The van der Waals surface area contributed by atoms with Crippen LogP contribution in [0.3, 0.4) is 0 Å². The van der Waals surface area contributed by atoms with Gasteiger partial charge in [-0.3, -0.25) is 9.79 Å². The second kappa shape index (κ2) is 11.9. The molecule has 2 aromatic rings. The maximum atomic E-state index is 12.1. The number of rotatable bonds is 9. The lowest BCUT2D eigenvalue weighted by atomic mass is 10.1. The zero-order valence-corrected chi connectivity index (χ0v) is 18.8. The summed E-state index contributed by atoms with van der Waals surface area (Å²) in [5, 5.41) is 6.66. The van der Waals surface area contributed by atoms with Gasteiger partial charge in [-0.15, -0.1) is 0 Å². The van der Waals surface area contributed by atoms with Crippen LogP contribution in [-0.2, 0) is 12.8 Å². The van der Waals surface area contributed by atoms with E-state index in [1.165, 1.54) is 5.56 Å². The number of nitrogens with one attached hydrogen (secondary N) is 2. The molecule has 0 spiro atoms. The summed E-state index contributed by atoms with van der Waals surface area (Å²) < 4.78 is 5.40. The van der Waals surface area contributed by atoms with Gasteiger partial charge in [0.05, 0.1) is 7.11 Å². The van der Waals surface area contributed by atoms with Crippen LogP contribution in [0.15, 0.2) is 47.5 Å². The van der Waals surface area contributed by atoms with Crippen LogP contribution in [-0.4, -0.2) is 57.6 Å². The minimum Gasteiger partial charge on any atom is -0.496 e. The van der Waals surface area contributed by atoms with E-state index in [1.807, 2.05) is 31.2 Å². The second-order valence-corrected chi connectivity index (χ2v) is 7.39. The average molecular weight is 411 g/mol. The van der Waals surface area contributed by atoms with Gasteiger partial charge in [0.15, 0.2) is 5.96 Å². The first kappa shape index (κ1) is 23.3. The molecule has 0 heterocycles. The first-order valence-electron chi connectivity index (χ1n) is 10.4. The highest BCUT2D eigenvalue weighted by Crippen LogP contribution is 2.19. The van der Waals surface area contributed by atoms with E-state index in [9.17, 15) is 4.79 Å². The molecule has 0 aliphatic heterocycles. The molecule has 1 amide bonds. The van der Waals surface area contributed by atoms with Gasteiger partial charge in [-0.2, -0.15) is 0 Å². The van der Waals surface area contributed by atoms with E-state index >= 15 is 0 Å². The molecule has 0 aliphatic carbocycles. The van der Waals surface area contributed by atoms with Crippen molar-refractivity contribution in [1.29, 1.82) is 0 Å². The smallest absolute Gasteiger partial charge is 0.253 e. The molecule has 0 unspecified atom stereocenters. The Morgan fingerprint density at radius 1 is 1.07 bits per heavy atom. The van der Waals surface area contributed by atoms with E-state index in [1.54, 1.807) is 26.1 Å². The van der Waals surface area contributed by atoms with Gasteiger partial charge >= 0.3 is 0 Å². The van der Waals surface area contributed by atoms with E-state index in [4.69, 9.17) is 4.74 Å². The van der Waals surface area contributed by atoms with Crippen LogP contribution in [0.2, 0.25) is 0 Å².